The van der Waals surface area contributed by atoms with Crippen LogP contribution < -0.4 is 10.3 Å². The molecule has 0 spiro atoms. The van der Waals surface area contributed by atoms with E-state index in [1.54, 1.807) is 11.3 Å². The first-order valence-corrected chi connectivity index (χ1v) is 10.5. The van der Waals surface area contributed by atoms with E-state index >= 15 is 0 Å². The smallest absolute Gasteiger partial charge is 0.234 e. The van der Waals surface area contributed by atoms with Gasteiger partial charge in [0.2, 0.25) is 5.91 Å². The summed E-state index contributed by atoms with van der Waals surface area (Å²) in [4.78, 5) is 18.8. The molecular weight excluding hydrogens is 356 g/mol. The van der Waals surface area contributed by atoms with Gasteiger partial charge in [-0.25, -0.2) is 5.01 Å². The number of likely N-dealkylation sites (N-methyl/N-ethyl adjacent to an activating group) is 1. The topological polar surface area (TPSA) is 52.6 Å². The summed E-state index contributed by atoms with van der Waals surface area (Å²) >= 11 is 1.73. The van der Waals surface area contributed by atoms with Crippen LogP contribution in [0.4, 0.5) is 0 Å². The molecule has 1 fully saturated rings. The van der Waals surface area contributed by atoms with Gasteiger partial charge in [-0.2, -0.15) is 0 Å². The number of hydrogen-bond donors (Lipinski definition) is 3. The highest BCUT2D eigenvalue weighted by molar-refractivity contribution is 7.13. The molecule has 0 bridgehead atoms. The molecule has 6 heteroatoms. The number of thiophene rings is 1. The van der Waals surface area contributed by atoms with Crippen LogP contribution in [0.15, 0.2) is 35.7 Å². The predicted octanol–water partition coefficient (Wildman–Crippen LogP) is 2.00. The molecule has 0 unspecified atom stereocenters. The fourth-order valence-corrected chi connectivity index (χ4v) is 4.48. The number of piperazine rings is 1. The monoisotopic (exact) mass is 383 g/mol. The summed E-state index contributed by atoms with van der Waals surface area (Å²) < 4.78 is 0. The van der Waals surface area contributed by atoms with Crippen molar-refractivity contribution in [3.05, 3.63) is 46.8 Å². The maximum atomic E-state index is 12.5. The van der Waals surface area contributed by atoms with E-state index in [1.165, 1.54) is 26.3 Å². The number of hydrazine groups is 1. The van der Waals surface area contributed by atoms with E-state index in [4.69, 9.17) is 0 Å². The first kappa shape index (κ1) is 18.2. The Balaban J connectivity index is 1.51. The highest BCUT2D eigenvalue weighted by Gasteiger charge is 2.19. The molecule has 1 amide bonds. The normalized spacial score (nSPS) is 16.1. The van der Waals surface area contributed by atoms with Gasteiger partial charge in [0, 0.05) is 17.3 Å². The van der Waals surface area contributed by atoms with Gasteiger partial charge in [0.1, 0.15) is 0 Å². The largest absolute Gasteiger partial charge is 0.354 e. The molecule has 3 heterocycles. The minimum absolute atomic E-state index is 0.105. The second kappa shape index (κ2) is 7.84. The number of aromatic amines is 1. The molecule has 1 aliphatic heterocycles. The number of aryl methyl sites for hydroxylation is 2. The molecule has 4 rings (SSSR count). The van der Waals surface area contributed by atoms with Crippen molar-refractivity contribution in [1.82, 2.24) is 15.4 Å². The molecule has 0 saturated carbocycles. The Hall–Kier alpha value is -2.15. The van der Waals surface area contributed by atoms with Crippen LogP contribution in [0.5, 0.6) is 0 Å². The average Bonchev–Trinajstić information content (AvgIpc) is 3.29. The standard InChI is InChI=1S/C21H26N4OS/c1-15-5-7-18-17(14-15)16(21(22-18)19-4-3-13-27-19)6-8-20(26)23-25-11-9-24(2)10-12-25/h3-5,7,13-14,22H,6,8-12H2,1-2H3,(H,23,26)/p+1. The molecular formula is C21H27N4OS+. The molecule has 1 saturated heterocycles. The van der Waals surface area contributed by atoms with Gasteiger partial charge in [-0.3, -0.25) is 10.2 Å². The van der Waals surface area contributed by atoms with Crippen LogP contribution in [0, 0.1) is 6.92 Å². The van der Waals surface area contributed by atoms with E-state index in [1.807, 2.05) is 0 Å². The molecule has 27 heavy (non-hydrogen) atoms. The molecule has 5 nitrogen and oxygen atoms in total. The first-order valence-electron chi connectivity index (χ1n) is 9.61. The van der Waals surface area contributed by atoms with E-state index in [0.717, 1.165) is 43.8 Å². The van der Waals surface area contributed by atoms with Gasteiger partial charge in [0.25, 0.3) is 0 Å². The number of amides is 1. The molecule has 3 aromatic rings. The number of quaternary nitrogens is 1. The molecule has 142 valence electrons. The van der Waals surface area contributed by atoms with Gasteiger partial charge in [0.15, 0.2) is 0 Å². The first-order chi connectivity index (χ1) is 13.1. The fraction of sp³-hybridized carbons (Fsp3) is 0.381. The Morgan fingerprint density at radius 3 is 2.85 bits per heavy atom. The van der Waals surface area contributed by atoms with E-state index in [-0.39, 0.29) is 5.91 Å². The van der Waals surface area contributed by atoms with Gasteiger partial charge >= 0.3 is 0 Å². The number of hydrogen-bond acceptors (Lipinski definition) is 3. The number of H-pyrrole nitrogens is 1. The lowest BCUT2D eigenvalue weighted by Crippen LogP contribution is -3.12. The third kappa shape index (κ3) is 4.08. The van der Waals surface area contributed by atoms with Crippen LogP contribution in [0.25, 0.3) is 21.5 Å². The van der Waals surface area contributed by atoms with Crippen molar-refractivity contribution < 1.29 is 9.69 Å². The van der Waals surface area contributed by atoms with Gasteiger partial charge in [-0.1, -0.05) is 17.7 Å². The number of rotatable bonds is 5. The van der Waals surface area contributed by atoms with Crippen molar-refractivity contribution in [3.8, 4) is 10.6 Å². The van der Waals surface area contributed by atoms with Crippen LogP contribution in [-0.4, -0.2) is 49.1 Å². The predicted molar refractivity (Wildman–Crippen MR) is 111 cm³/mol. The van der Waals surface area contributed by atoms with Crippen LogP contribution in [-0.2, 0) is 11.2 Å². The van der Waals surface area contributed by atoms with Gasteiger partial charge in [0.05, 0.1) is 43.8 Å². The SMILES string of the molecule is Cc1ccc2[nH]c(-c3cccs3)c(CCC(=O)NN3CC[NH+](C)CC3)c2c1. The quantitative estimate of drug-likeness (QED) is 0.631. The van der Waals surface area contributed by atoms with Crippen molar-refractivity contribution in [2.45, 2.75) is 19.8 Å². The Morgan fingerprint density at radius 2 is 2.11 bits per heavy atom. The second-order valence-electron chi connectivity index (χ2n) is 7.48. The second-order valence-corrected chi connectivity index (χ2v) is 8.43. The van der Waals surface area contributed by atoms with Crippen molar-refractivity contribution in [1.29, 1.82) is 0 Å². The van der Waals surface area contributed by atoms with Crippen LogP contribution in [0.3, 0.4) is 0 Å². The maximum absolute atomic E-state index is 12.5. The van der Waals surface area contributed by atoms with E-state index < -0.39 is 0 Å². The van der Waals surface area contributed by atoms with Gasteiger partial charge in [-0.05, 0) is 42.5 Å². The molecule has 2 aromatic heterocycles. The summed E-state index contributed by atoms with van der Waals surface area (Å²) in [5, 5.41) is 5.39. The average molecular weight is 384 g/mol. The zero-order valence-electron chi connectivity index (χ0n) is 16.0. The molecule has 0 atom stereocenters. The third-order valence-corrected chi connectivity index (χ3v) is 6.22. The summed E-state index contributed by atoms with van der Waals surface area (Å²) in [5.74, 6) is 0.105. The lowest BCUT2D eigenvalue weighted by Gasteiger charge is -2.30. The number of benzene rings is 1. The van der Waals surface area contributed by atoms with E-state index in [2.05, 4.69) is 65.1 Å². The van der Waals surface area contributed by atoms with E-state index in [9.17, 15) is 4.79 Å². The van der Waals surface area contributed by atoms with Gasteiger partial charge in [-0.15, -0.1) is 11.3 Å². The minimum atomic E-state index is 0.105. The van der Waals surface area contributed by atoms with Crippen molar-refractivity contribution in [2.75, 3.05) is 33.2 Å². The summed E-state index contributed by atoms with van der Waals surface area (Å²) in [6.07, 6.45) is 1.24. The molecule has 0 aliphatic carbocycles. The molecule has 3 N–H and O–H groups in total. The molecule has 0 radical (unpaired) electrons. The highest BCUT2D eigenvalue weighted by atomic mass is 32.1. The Labute approximate surface area is 163 Å². The van der Waals surface area contributed by atoms with Crippen molar-refractivity contribution in [2.24, 2.45) is 0 Å². The summed E-state index contributed by atoms with van der Waals surface area (Å²) in [7, 11) is 2.20. The van der Waals surface area contributed by atoms with Crippen LogP contribution in [0.1, 0.15) is 17.5 Å². The van der Waals surface area contributed by atoms with E-state index in [0.29, 0.717) is 6.42 Å². The van der Waals surface area contributed by atoms with Gasteiger partial charge < -0.3 is 9.88 Å². The Bertz CT molecular complexity index is 923. The number of aromatic nitrogens is 1. The summed E-state index contributed by atoms with van der Waals surface area (Å²) in [6, 6.07) is 10.7. The lowest BCUT2D eigenvalue weighted by molar-refractivity contribution is -0.884. The molecule has 1 aliphatic rings. The number of carbonyl (C=O) groups is 1. The number of nitrogens with one attached hydrogen (secondary N) is 3. The highest BCUT2D eigenvalue weighted by Crippen LogP contribution is 2.34. The minimum Gasteiger partial charge on any atom is -0.354 e. The number of fused-ring (bicyclic) bond motifs is 1. The molecule has 1 aromatic carbocycles. The summed E-state index contributed by atoms with van der Waals surface area (Å²) in [5.41, 5.74) is 7.87. The summed E-state index contributed by atoms with van der Waals surface area (Å²) in [6.45, 7) is 6.10. The number of nitrogens with zero attached hydrogens (tertiary/aromatic N) is 1. The van der Waals surface area contributed by atoms with Crippen LogP contribution >= 0.6 is 11.3 Å². The van der Waals surface area contributed by atoms with Crippen LogP contribution in [0.2, 0.25) is 0 Å². The van der Waals surface area contributed by atoms with Crippen molar-refractivity contribution in [3.63, 3.8) is 0 Å². The Morgan fingerprint density at radius 1 is 1.30 bits per heavy atom. The third-order valence-electron chi connectivity index (χ3n) is 5.33. The maximum Gasteiger partial charge on any atom is 0.234 e. The van der Waals surface area contributed by atoms with Crippen molar-refractivity contribution >= 4 is 28.1 Å². The zero-order valence-corrected chi connectivity index (χ0v) is 16.8. The lowest BCUT2D eigenvalue weighted by atomic mass is 10.0. The number of carbonyl (C=O) groups excluding carboxylic acids is 1. The fourth-order valence-electron chi connectivity index (χ4n) is 3.72. The zero-order chi connectivity index (χ0) is 18.8. The Kier molecular flexibility index (Phi) is 5.29.